The van der Waals surface area contributed by atoms with Crippen LogP contribution >= 0.6 is 0 Å². The summed E-state index contributed by atoms with van der Waals surface area (Å²) in [5.41, 5.74) is 3.07. The SMILES string of the molecule is Cc1nc2ccc(-c3ccn4nc(N[C@@H]5CCN(CC(C)C)C[C@@H]5F)ncc34)nc2n1CC(F)F. The number of pyridine rings is 1. The molecule has 186 valence electrons. The van der Waals surface area contributed by atoms with Gasteiger partial charge in [0, 0.05) is 31.4 Å². The van der Waals surface area contributed by atoms with Crippen LogP contribution in [0.3, 0.4) is 0 Å². The highest BCUT2D eigenvalue weighted by Gasteiger charge is 2.30. The number of aromatic nitrogens is 6. The number of alkyl halides is 3. The molecule has 5 heterocycles. The summed E-state index contributed by atoms with van der Waals surface area (Å²) in [6.45, 7) is 7.64. The molecule has 0 radical (unpaired) electrons. The van der Waals surface area contributed by atoms with Gasteiger partial charge in [-0.15, -0.1) is 5.10 Å². The summed E-state index contributed by atoms with van der Waals surface area (Å²) in [6.07, 6.45) is 0.627. The molecule has 4 aromatic rings. The predicted molar refractivity (Wildman–Crippen MR) is 128 cm³/mol. The molecule has 5 rings (SSSR count). The lowest BCUT2D eigenvalue weighted by Crippen LogP contribution is -2.48. The molecule has 0 unspecified atom stereocenters. The van der Waals surface area contributed by atoms with E-state index in [2.05, 4.69) is 44.1 Å². The smallest absolute Gasteiger partial charge is 0.256 e. The summed E-state index contributed by atoms with van der Waals surface area (Å²) in [7, 11) is 0. The Hall–Kier alpha value is -3.21. The van der Waals surface area contributed by atoms with Crippen molar-refractivity contribution in [3.63, 3.8) is 0 Å². The molecule has 0 bridgehead atoms. The van der Waals surface area contributed by atoms with Gasteiger partial charge in [-0.1, -0.05) is 13.8 Å². The Balaban J connectivity index is 1.37. The summed E-state index contributed by atoms with van der Waals surface area (Å²) in [6, 6.07) is 5.10. The Bertz CT molecular complexity index is 1330. The number of piperidine rings is 1. The van der Waals surface area contributed by atoms with E-state index in [4.69, 9.17) is 0 Å². The zero-order valence-corrected chi connectivity index (χ0v) is 20.0. The van der Waals surface area contributed by atoms with Gasteiger partial charge in [-0.05, 0) is 37.5 Å². The van der Waals surface area contributed by atoms with E-state index in [-0.39, 0.29) is 6.04 Å². The molecule has 2 atom stereocenters. The summed E-state index contributed by atoms with van der Waals surface area (Å²) >= 11 is 0. The van der Waals surface area contributed by atoms with Gasteiger partial charge in [-0.3, -0.25) is 0 Å². The second-order valence-electron chi connectivity index (χ2n) is 9.55. The monoisotopic (exact) mass is 486 g/mol. The van der Waals surface area contributed by atoms with Gasteiger partial charge in [0.25, 0.3) is 6.43 Å². The highest BCUT2D eigenvalue weighted by atomic mass is 19.3. The van der Waals surface area contributed by atoms with Crippen molar-refractivity contribution in [1.82, 2.24) is 34.0 Å². The minimum absolute atomic E-state index is 0.340. The second-order valence-corrected chi connectivity index (χ2v) is 9.55. The van der Waals surface area contributed by atoms with Gasteiger partial charge in [0.05, 0.1) is 30.0 Å². The largest absolute Gasteiger partial charge is 0.347 e. The van der Waals surface area contributed by atoms with Crippen LogP contribution in [0, 0.1) is 12.8 Å². The molecular formula is C24H29F3N8. The third kappa shape index (κ3) is 4.82. The van der Waals surface area contributed by atoms with E-state index >= 15 is 0 Å². The number of nitrogens with zero attached hydrogens (tertiary/aromatic N) is 7. The molecule has 0 aliphatic carbocycles. The zero-order valence-electron chi connectivity index (χ0n) is 20.0. The van der Waals surface area contributed by atoms with E-state index in [1.54, 1.807) is 29.9 Å². The lowest BCUT2D eigenvalue weighted by atomic mass is 10.0. The number of nitrogens with one attached hydrogen (secondary N) is 1. The maximum Gasteiger partial charge on any atom is 0.256 e. The molecule has 1 aliphatic rings. The number of hydrogen-bond acceptors (Lipinski definition) is 6. The van der Waals surface area contributed by atoms with Gasteiger partial charge >= 0.3 is 0 Å². The van der Waals surface area contributed by atoms with Gasteiger partial charge in [0.2, 0.25) is 5.95 Å². The average molecular weight is 487 g/mol. The van der Waals surface area contributed by atoms with E-state index in [1.165, 1.54) is 4.57 Å². The van der Waals surface area contributed by atoms with E-state index < -0.39 is 19.1 Å². The Kier molecular flexibility index (Phi) is 6.35. The van der Waals surface area contributed by atoms with Crippen molar-refractivity contribution in [2.24, 2.45) is 5.92 Å². The van der Waals surface area contributed by atoms with Crippen molar-refractivity contribution in [3.05, 3.63) is 36.4 Å². The van der Waals surface area contributed by atoms with Gasteiger partial charge < -0.3 is 14.8 Å². The van der Waals surface area contributed by atoms with Crippen LogP contribution in [0.2, 0.25) is 0 Å². The normalized spacial score (nSPS) is 19.4. The lowest BCUT2D eigenvalue weighted by Gasteiger charge is -2.35. The molecule has 1 saturated heterocycles. The Morgan fingerprint density at radius 3 is 2.71 bits per heavy atom. The van der Waals surface area contributed by atoms with E-state index in [0.29, 0.717) is 53.0 Å². The predicted octanol–water partition coefficient (Wildman–Crippen LogP) is 4.19. The van der Waals surface area contributed by atoms with Gasteiger partial charge in [0.15, 0.2) is 5.65 Å². The quantitative estimate of drug-likeness (QED) is 0.422. The van der Waals surface area contributed by atoms with Gasteiger partial charge in [0.1, 0.15) is 17.5 Å². The molecule has 8 nitrogen and oxygen atoms in total. The fraction of sp³-hybridized carbons (Fsp3) is 0.500. The zero-order chi connectivity index (χ0) is 24.7. The van der Waals surface area contributed by atoms with E-state index in [9.17, 15) is 13.2 Å². The molecule has 1 fully saturated rings. The number of imidazole rings is 1. The molecule has 11 heteroatoms. The molecule has 4 aromatic heterocycles. The molecule has 35 heavy (non-hydrogen) atoms. The molecule has 0 spiro atoms. The fourth-order valence-corrected chi connectivity index (χ4v) is 4.78. The van der Waals surface area contributed by atoms with Crippen LogP contribution in [0.5, 0.6) is 0 Å². The van der Waals surface area contributed by atoms with Crippen molar-refractivity contribution in [1.29, 1.82) is 0 Å². The molecule has 1 aliphatic heterocycles. The highest BCUT2D eigenvalue weighted by Crippen LogP contribution is 2.27. The van der Waals surface area contributed by atoms with Crippen LogP contribution < -0.4 is 5.32 Å². The number of fused-ring (bicyclic) bond motifs is 2. The first-order valence-corrected chi connectivity index (χ1v) is 11.9. The van der Waals surface area contributed by atoms with Crippen molar-refractivity contribution in [3.8, 4) is 11.3 Å². The standard InChI is InChI=1S/C24H29F3N8/c1-14(2)11-33-8-7-19(17(25)12-33)31-24-28-10-21-16(6-9-35(21)32-24)18-4-5-20-23(30-18)34(13-22(26)27)15(3)29-20/h4-6,9-10,14,17,19,22H,7-8,11-13H2,1-3H3,(H,31,32)/t17-,19+/m0/s1. The topological polar surface area (TPSA) is 76.2 Å². The van der Waals surface area contributed by atoms with Crippen molar-refractivity contribution < 1.29 is 13.2 Å². The molecular weight excluding hydrogens is 457 g/mol. The van der Waals surface area contributed by atoms with Crippen LogP contribution in [0.25, 0.3) is 27.9 Å². The summed E-state index contributed by atoms with van der Waals surface area (Å²) in [5, 5.41) is 7.67. The Morgan fingerprint density at radius 2 is 1.97 bits per heavy atom. The fourth-order valence-electron chi connectivity index (χ4n) is 4.78. The molecule has 0 aromatic carbocycles. The molecule has 1 N–H and O–H groups in total. The van der Waals surface area contributed by atoms with Crippen molar-refractivity contribution in [2.45, 2.75) is 52.4 Å². The summed E-state index contributed by atoms with van der Waals surface area (Å²) in [5.74, 6) is 1.36. The number of anilines is 1. The Labute approximate surface area is 201 Å². The average Bonchev–Trinajstić information content (AvgIpc) is 3.35. The first-order chi connectivity index (χ1) is 16.8. The number of aryl methyl sites for hydroxylation is 1. The number of hydrogen-bond donors (Lipinski definition) is 1. The van der Waals surface area contributed by atoms with Crippen LogP contribution in [-0.2, 0) is 6.54 Å². The van der Waals surface area contributed by atoms with Gasteiger partial charge in [-0.2, -0.15) is 0 Å². The molecule has 0 saturated carbocycles. The first kappa shape index (κ1) is 23.5. The molecule has 0 amide bonds. The maximum atomic E-state index is 14.8. The van der Waals surface area contributed by atoms with Crippen LogP contribution in [0.1, 0.15) is 26.1 Å². The lowest BCUT2D eigenvalue weighted by molar-refractivity contribution is 0.116. The van der Waals surface area contributed by atoms with E-state index in [1.807, 2.05) is 12.1 Å². The van der Waals surface area contributed by atoms with Crippen LogP contribution in [0.15, 0.2) is 30.6 Å². The Morgan fingerprint density at radius 1 is 1.14 bits per heavy atom. The third-order valence-corrected chi connectivity index (χ3v) is 6.36. The van der Waals surface area contributed by atoms with Crippen molar-refractivity contribution in [2.75, 3.05) is 25.0 Å². The highest BCUT2D eigenvalue weighted by molar-refractivity contribution is 5.82. The number of likely N-dealkylation sites (tertiary alicyclic amines) is 1. The minimum atomic E-state index is -2.50. The first-order valence-electron chi connectivity index (χ1n) is 11.9. The van der Waals surface area contributed by atoms with E-state index in [0.717, 1.165) is 18.7 Å². The van der Waals surface area contributed by atoms with Crippen molar-refractivity contribution >= 4 is 22.6 Å². The maximum absolute atomic E-state index is 14.8. The minimum Gasteiger partial charge on any atom is -0.347 e. The summed E-state index contributed by atoms with van der Waals surface area (Å²) < 4.78 is 44.0. The summed E-state index contributed by atoms with van der Waals surface area (Å²) in [4.78, 5) is 15.5. The third-order valence-electron chi connectivity index (χ3n) is 6.36. The van der Waals surface area contributed by atoms with Crippen LogP contribution in [0.4, 0.5) is 19.1 Å². The number of rotatable bonds is 7. The second kappa shape index (κ2) is 9.44. The number of halogens is 3. The van der Waals surface area contributed by atoms with Crippen LogP contribution in [-0.4, -0.2) is 72.3 Å². The van der Waals surface area contributed by atoms with Gasteiger partial charge in [-0.25, -0.2) is 32.6 Å².